The molecular weight excluding hydrogens is 613 g/mol. The molecule has 43 heavy (non-hydrogen) atoms. The number of hydrogen-bond donors (Lipinski definition) is 1. The third kappa shape index (κ3) is 12.3. The zero-order valence-electron chi connectivity index (χ0n) is 26.2. The second kappa shape index (κ2) is 19.0. The molecule has 2 atom stereocenters. The molecule has 1 amide bonds. The number of amides is 1. The Balaban J connectivity index is 1.64. The summed E-state index contributed by atoms with van der Waals surface area (Å²) in [6.45, 7) is 5.08. The molecule has 0 saturated heterocycles. The average molecular weight is 665 g/mol. The van der Waals surface area contributed by atoms with Crippen molar-refractivity contribution >= 4 is 43.3 Å². The summed E-state index contributed by atoms with van der Waals surface area (Å²) in [5.74, 6) is -0.444. The van der Waals surface area contributed by atoms with Crippen LogP contribution in [0.4, 0.5) is 4.79 Å². The van der Waals surface area contributed by atoms with Crippen molar-refractivity contribution in [2.24, 2.45) is 5.14 Å². The summed E-state index contributed by atoms with van der Waals surface area (Å²) >= 11 is 0.589. The minimum Gasteiger partial charge on any atom is -0.428 e. The zero-order chi connectivity index (χ0) is 31.9. The molecule has 2 rings (SSSR count). The third-order valence-electron chi connectivity index (χ3n) is 8.02. The van der Waals surface area contributed by atoms with Gasteiger partial charge in [-0.2, -0.15) is 0 Å². The van der Waals surface area contributed by atoms with Crippen LogP contribution in [0, 0.1) is 0 Å². The number of unbranched alkanes of at least 4 members (excludes halogenated alkanes) is 14. The maximum atomic E-state index is 12.9. The van der Waals surface area contributed by atoms with Gasteiger partial charge in [-0.25, -0.2) is 26.8 Å². The van der Waals surface area contributed by atoms with E-state index in [0.717, 1.165) is 12.8 Å². The number of nitrogens with zero attached hydrogens (tertiary/aromatic N) is 1. The Morgan fingerprint density at radius 2 is 1.42 bits per heavy atom. The first-order chi connectivity index (χ1) is 20.4. The number of sulfonamides is 1. The average Bonchev–Trinajstić information content (AvgIpc) is 3.42. The molecule has 0 spiro atoms. The summed E-state index contributed by atoms with van der Waals surface area (Å²) in [5.41, 5.74) is 0.205. The maximum Gasteiger partial charge on any atom is 0.413 e. The molecule has 10 nitrogen and oxygen atoms in total. The summed E-state index contributed by atoms with van der Waals surface area (Å²) < 4.78 is 59.4. The Labute approximate surface area is 263 Å². The second-order valence-corrected chi connectivity index (χ2v) is 16.9. The Hall–Kier alpha value is -1.70. The summed E-state index contributed by atoms with van der Waals surface area (Å²) in [6.07, 6.45) is 18.1. The van der Waals surface area contributed by atoms with Gasteiger partial charge in [0, 0.05) is 18.5 Å². The lowest BCUT2D eigenvalue weighted by Crippen LogP contribution is -2.40. The highest BCUT2D eigenvalue weighted by atomic mass is 32.3. The highest BCUT2D eigenvalue weighted by Crippen LogP contribution is 2.45. The number of carbonyl (C=O) groups excluding carboxylic acids is 2. The Bertz CT molecular complexity index is 1210. The van der Waals surface area contributed by atoms with Crippen molar-refractivity contribution < 1.29 is 35.9 Å². The zero-order valence-corrected chi connectivity index (χ0v) is 28.6. The van der Waals surface area contributed by atoms with Crippen LogP contribution in [-0.2, 0) is 34.1 Å². The molecule has 2 N–H and O–H groups in total. The van der Waals surface area contributed by atoms with Crippen LogP contribution < -0.4 is 5.14 Å². The number of fused-ring (bicyclic) bond motifs is 1. The largest absolute Gasteiger partial charge is 0.428 e. The molecule has 0 bridgehead atoms. The Morgan fingerprint density at radius 3 is 1.91 bits per heavy atom. The van der Waals surface area contributed by atoms with Gasteiger partial charge in [0.05, 0.1) is 11.3 Å². The van der Waals surface area contributed by atoms with E-state index in [1.807, 2.05) is 0 Å². The van der Waals surface area contributed by atoms with Gasteiger partial charge in [0.2, 0.25) is 16.8 Å². The molecule has 1 aliphatic rings. The van der Waals surface area contributed by atoms with Crippen LogP contribution in [0.1, 0.15) is 142 Å². The molecule has 0 aliphatic carbocycles. The van der Waals surface area contributed by atoms with E-state index in [9.17, 15) is 26.4 Å². The van der Waals surface area contributed by atoms with E-state index < -0.39 is 50.0 Å². The Kier molecular flexibility index (Phi) is 16.5. The topological polar surface area (TPSA) is 150 Å². The van der Waals surface area contributed by atoms with Gasteiger partial charge in [-0.15, -0.1) is 11.3 Å². The summed E-state index contributed by atoms with van der Waals surface area (Å²) in [4.78, 5) is 26.3. The van der Waals surface area contributed by atoms with Crippen LogP contribution in [-0.4, -0.2) is 52.4 Å². The SMILES string of the molecule is CCCCCCCCCCCCCCCCCC(=O)OCOC(=O)N(CC)[C@H]1C[C@H](C)S(=O)(=O)c2sc(S(N)(=O)=O)cc21. The molecule has 1 aliphatic heterocycles. The highest BCUT2D eigenvalue weighted by molar-refractivity contribution is 7.95. The lowest BCUT2D eigenvalue weighted by atomic mass is 10.0. The van der Waals surface area contributed by atoms with Crippen LogP contribution in [0.25, 0.3) is 0 Å². The van der Waals surface area contributed by atoms with E-state index in [4.69, 9.17) is 14.6 Å². The van der Waals surface area contributed by atoms with Gasteiger partial charge in [-0.1, -0.05) is 96.8 Å². The van der Waals surface area contributed by atoms with E-state index in [2.05, 4.69) is 6.92 Å². The van der Waals surface area contributed by atoms with Crippen LogP contribution in [0.15, 0.2) is 14.5 Å². The van der Waals surface area contributed by atoms with Crippen molar-refractivity contribution in [3.05, 3.63) is 11.6 Å². The summed E-state index contributed by atoms with van der Waals surface area (Å²) in [6, 6.07) is 0.491. The van der Waals surface area contributed by atoms with E-state index in [1.54, 1.807) is 6.92 Å². The van der Waals surface area contributed by atoms with E-state index in [1.165, 1.54) is 94.9 Å². The number of ether oxygens (including phenoxy) is 2. The fourth-order valence-electron chi connectivity index (χ4n) is 5.42. The van der Waals surface area contributed by atoms with Crippen molar-refractivity contribution in [3.8, 4) is 0 Å². The molecule has 2 heterocycles. The fourth-order valence-corrected chi connectivity index (χ4v) is 9.82. The first-order valence-electron chi connectivity index (χ1n) is 15.9. The molecular formula is C30H52N2O8S3. The predicted molar refractivity (Wildman–Crippen MR) is 169 cm³/mol. The van der Waals surface area contributed by atoms with Crippen LogP contribution >= 0.6 is 11.3 Å². The number of esters is 1. The molecule has 0 aromatic carbocycles. The molecule has 13 heteroatoms. The van der Waals surface area contributed by atoms with Crippen molar-refractivity contribution in [2.75, 3.05) is 13.3 Å². The monoisotopic (exact) mass is 664 g/mol. The number of rotatable bonds is 21. The molecule has 248 valence electrons. The number of carbonyl (C=O) groups is 2. The van der Waals surface area contributed by atoms with Gasteiger partial charge in [-0.05, 0) is 32.8 Å². The number of sulfone groups is 1. The number of nitrogens with two attached hydrogens (primary N) is 1. The lowest BCUT2D eigenvalue weighted by Gasteiger charge is -2.35. The first-order valence-corrected chi connectivity index (χ1v) is 19.8. The van der Waals surface area contributed by atoms with Crippen LogP contribution in [0.3, 0.4) is 0 Å². The standard InChI is InChI=1S/C30H52N2O8S3/c1-4-6-7-8-9-10-11-12-13-14-15-16-17-18-19-20-27(33)39-23-40-30(34)32(5-2)26-21-24(3)42(35,36)29-25(26)22-28(41-29)43(31,37)38/h22,24,26H,4-21,23H2,1-3H3,(H2,31,37,38)/t24-,26-/m0/s1. The van der Waals surface area contributed by atoms with Crippen LogP contribution in [0.2, 0.25) is 0 Å². The van der Waals surface area contributed by atoms with Gasteiger partial charge in [-0.3, -0.25) is 4.79 Å². The number of hydrogen-bond acceptors (Lipinski definition) is 9. The molecule has 1 aromatic heterocycles. The Morgan fingerprint density at radius 1 is 0.907 bits per heavy atom. The van der Waals surface area contributed by atoms with Gasteiger partial charge in [0.1, 0.15) is 8.42 Å². The summed E-state index contributed by atoms with van der Waals surface area (Å²) in [5, 5.41) is 4.40. The number of thiophene rings is 1. The van der Waals surface area contributed by atoms with Gasteiger partial charge < -0.3 is 14.4 Å². The second-order valence-electron chi connectivity index (χ2n) is 11.5. The quantitative estimate of drug-likeness (QED) is 0.0822. The van der Waals surface area contributed by atoms with E-state index >= 15 is 0 Å². The van der Waals surface area contributed by atoms with Crippen molar-refractivity contribution in [1.82, 2.24) is 4.90 Å². The normalized spacial score (nSPS) is 17.8. The molecule has 0 radical (unpaired) electrons. The molecule has 0 fully saturated rings. The third-order valence-corrected chi connectivity index (χ3v) is 13.3. The first kappa shape index (κ1) is 37.5. The van der Waals surface area contributed by atoms with Gasteiger partial charge in [0.25, 0.3) is 0 Å². The van der Waals surface area contributed by atoms with Crippen molar-refractivity contribution in [3.63, 3.8) is 0 Å². The minimum absolute atomic E-state index is 0.0675. The van der Waals surface area contributed by atoms with E-state index in [-0.39, 0.29) is 33.4 Å². The maximum absolute atomic E-state index is 12.9. The smallest absolute Gasteiger partial charge is 0.413 e. The lowest BCUT2D eigenvalue weighted by molar-refractivity contribution is -0.152. The van der Waals surface area contributed by atoms with Crippen LogP contribution in [0.5, 0.6) is 0 Å². The fraction of sp³-hybridized carbons (Fsp3) is 0.800. The van der Waals surface area contributed by atoms with Crippen molar-refractivity contribution in [2.45, 2.75) is 150 Å². The van der Waals surface area contributed by atoms with Gasteiger partial charge >= 0.3 is 12.1 Å². The van der Waals surface area contributed by atoms with Crippen molar-refractivity contribution in [1.29, 1.82) is 0 Å². The molecule has 1 aromatic rings. The highest BCUT2D eigenvalue weighted by Gasteiger charge is 2.42. The van der Waals surface area contributed by atoms with E-state index in [0.29, 0.717) is 17.8 Å². The molecule has 0 saturated carbocycles. The summed E-state index contributed by atoms with van der Waals surface area (Å²) in [7, 11) is -7.89. The number of primary sulfonamides is 1. The van der Waals surface area contributed by atoms with Gasteiger partial charge in [0.15, 0.2) is 9.84 Å². The predicted octanol–water partition coefficient (Wildman–Crippen LogP) is 7.22. The molecule has 0 unspecified atom stereocenters. The minimum atomic E-state index is -4.13.